The maximum Gasteiger partial charge on any atom is 0.267 e. The number of benzene rings is 2. The highest BCUT2D eigenvalue weighted by molar-refractivity contribution is 5.90. The van der Waals surface area contributed by atoms with E-state index in [-0.39, 0.29) is 0 Å². The standard InChI is InChI=1S/C22H24N4O2/c27-22(24-28)12-11-17-7-9-18(10-8-17)14-25-13-3-5-20(25)16-26-15-19-4-1-2-6-21(19)23-26/h1-2,4,6-12,15,20,28H,3,5,13-14,16H2,(H,24,27)/t20-/m1/s1. The minimum Gasteiger partial charge on any atom is -0.294 e. The van der Waals surface area contributed by atoms with E-state index in [0.29, 0.717) is 6.04 Å². The zero-order valence-electron chi connectivity index (χ0n) is 15.7. The lowest BCUT2D eigenvalue weighted by molar-refractivity contribution is -0.124. The van der Waals surface area contributed by atoms with E-state index in [2.05, 4.69) is 40.0 Å². The number of hydrogen-bond donors (Lipinski definition) is 2. The molecule has 144 valence electrons. The van der Waals surface area contributed by atoms with Crippen LogP contribution in [0, 0.1) is 0 Å². The van der Waals surface area contributed by atoms with Crippen molar-refractivity contribution in [1.29, 1.82) is 0 Å². The predicted molar refractivity (Wildman–Crippen MR) is 109 cm³/mol. The second kappa shape index (κ2) is 8.37. The van der Waals surface area contributed by atoms with Gasteiger partial charge in [-0.25, -0.2) is 5.48 Å². The van der Waals surface area contributed by atoms with Gasteiger partial charge < -0.3 is 0 Å². The van der Waals surface area contributed by atoms with E-state index in [1.807, 2.05) is 24.3 Å². The smallest absolute Gasteiger partial charge is 0.267 e. The fraction of sp³-hybridized carbons (Fsp3) is 0.273. The van der Waals surface area contributed by atoms with Crippen molar-refractivity contribution in [2.75, 3.05) is 6.54 Å². The number of nitrogens with zero attached hydrogens (tertiary/aromatic N) is 3. The van der Waals surface area contributed by atoms with Crippen LogP contribution in [-0.4, -0.2) is 38.4 Å². The van der Waals surface area contributed by atoms with Gasteiger partial charge in [-0.05, 0) is 42.7 Å². The van der Waals surface area contributed by atoms with E-state index in [4.69, 9.17) is 10.3 Å². The van der Waals surface area contributed by atoms with Gasteiger partial charge >= 0.3 is 0 Å². The van der Waals surface area contributed by atoms with Crippen molar-refractivity contribution in [2.24, 2.45) is 0 Å². The summed E-state index contributed by atoms with van der Waals surface area (Å²) in [5.74, 6) is -0.532. The maximum absolute atomic E-state index is 11.1. The first kappa shape index (κ1) is 18.4. The van der Waals surface area contributed by atoms with Crippen molar-refractivity contribution in [1.82, 2.24) is 20.2 Å². The number of fused-ring (bicyclic) bond motifs is 1. The first-order valence-electron chi connectivity index (χ1n) is 9.58. The minimum atomic E-state index is -0.532. The molecule has 2 heterocycles. The number of rotatable bonds is 6. The van der Waals surface area contributed by atoms with Gasteiger partial charge in [0.2, 0.25) is 0 Å². The molecule has 1 saturated heterocycles. The molecule has 28 heavy (non-hydrogen) atoms. The Morgan fingerprint density at radius 2 is 2.04 bits per heavy atom. The molecule has 1 aliphatic heterocycles. The number of amides is 1. The summed E-state index contributed by atoms with van der Waals surface area (Å²) in [6.07, 6.45) is 7.52. The van der Waals surface area contributed by atoms with E-state index in [1.54, 1.807) is 11.6 Å². The van der Waals surface area contributed by atoms with Gasteiger partial charge in [0, 0.05) is 30.2 Å². The Morgan fingerprint density at radius 1 is 1.21 bits per heavy atom. The lowest BCUT2D eigenvalue weighted by atomic mass is 10.1. The first-order valence-corrected chi connectivity index (χ1v) is 9.58. The monoisotopic (exact) mass is 376 g/mol. The summed E-state index contributed by atoms with van der Waals surface area (Å²) in [4.78, 5) is 13.6. The molecule has 1 aromatic heterocycles. The molecular formula is C22H24N4O2. The zero-order valence-corrected chi connectivity index (χ0v) is 15.7. The molecular weight excluding hydrogens is 352 g/mol. The zero-order chi connectivity index (χ0) is 19.3. The highest BCUT2D eigenvalue weighted by Crippen LogP contribution is 2.22. The third-order valence-electron chi connectivity index (χ3n) is 5.26. The van der Waals surface area contributed by atoms with Crippen molar-refractivity contribution in [2.45, 2.75) is 32.0 Å². The molecule has 0 radical (unpaired) electrons. The Labute approximate surface area is 164 Å². The molecule has 3 aromatic rings. The van der Waals surface area contributed by atoms with E-state index in [9.17, 15) is 4.79 Å². The average molecular weight is 376 g/mol. The van der Waals surface area contributed by atoms with E-state index < -0.39 is 5.91 Å². The summed E-state index contributed by atoms with van der Waals surface area (Å²) >= 11 is 0. The van der Waals surface area contributed by atoms with Crippen LogP contribution in [0.5, 0.6) is 0 Å². The lowest BCUT2D eigenvalue weighted by Crippen LogP contribution is -2.32. The molecule has 0 aliphatic carbocycles. The normalized spacial score (nSPS) is 17.5. The van der Waals surface area contributed by atoms with Gasteiger partial charge in [0.25, 0.3) is 5.91 Å². The summed E-state index contributed by atoms with van der Waals surface area (Å²) in [7, 11) is 0. The Hall–Kier alpha value is -2.96. The van der Waals surface area contributed by atoms with E-state index in [0.717, 1.165) is 30.7 Å². The Kier molecular flexibility index (Phi) is 5.50. The van der Waals surface area contributed by atoms with E-state index in [1.165, 1.54) is 29.9 Å². The second-order valence-electron chi connectivity index (χ2n) is 7.23. The number of carbonyl (C=O) groups is 1. The van der Waals surface area contributed by atoms with Crippen LogP contribution in [0.4, 0.5) is 0 Å². The Balaban J connectivity index is 1.39. The second-order valence-corrected chi connectivity index (χ2v) is 7.23. The van der Waals surface area contributed by atoms with Crippen molar-refractivity contribution in [3.05, 3.63) is 71.9 Å². The molecule has 6 nitrogen and oxygen atoms in total. The number of likely N-dealkylation sites (tertiary alicyclic amines) is 1. The Bertz CT molecular complexity index is 945. The third kappa shape index (κ3) is 4.30. The highest BCUT2D eigenvalue weighted by Gasteiger charge is 2.25. The fourth-order valence-corrected chi connectivity index (χ4v) is 3.81. The summed E-state index contributed by atoms with van der Waals surface area (Å²) < 4.78 is 2.08. The topological polar surface area (TPSA) is 70.4 Å². The van der Waals surface area contributed by atoms with Crippen molar-refractivity contribution in [3.63, 3.8) is 0 Å². The van der Waals surface area contributed by atoms with Crippen molar-refractivity contribution < 1.29 is 10.0 Å². The molecule has 1 aliphatic rings. The Morgan fingerprint density at radius 3 is 2.82 bits per heavy atom. The average Bonchev–Trinajstić information content (AvgIpc) is 3.33. The quantitative estimate of drug-likeness (QED) is 0.394. The highest BCUT2D eigenvalue weighted by atomic mass is 16.5. The molecule has 2 N–H and O–H groups in total. The van der Waals surface area contributed by atoms with Gasteiger partial charge in [-0.15, -0.1) is 0 Å². The van der Waals surface area contributed by atoms with Gasteiger partial charge in [0.05, 0.1) is 12.1 Å². The van der Waals surface area contributed by atoms with Crippen LogP contribution in [0.15, 0.2) is 60.8 Å². The molecule has 1 amide bonds. The molecule has 0 bridgehead atoms. The number of carbonyl (C=O) groups excluding carboxylic acids is 1. The van der Waals surface area contributed by atoms with Crippen LogP contribution in [0.2, 0.25) is 0 Å². The number of nitrogens with one attached hydrogen (secondary N) is 1. The predicted octanol–water partition coefficient (Wildman–Crippen LogP) is 3.22. The largest absolute Gasteiger partial charge is 0.294 e. The van der Waals surface area contributed by atoms with E-state index >= 15 is 0 Å². The summed E-state index contributed by atoms with van der Waals surface area (Å²) in [5, 5.41) is 14.4. The van der Waals surface area contributed by atoms with Gasteiger partial charge in [0.1, 0.15) is 0 Å². The number of hydroxylamine groups is 1. The third-order valence-corrected chi connectivity index (χ3v) is 5.26. The van der Waals surface area contributed by atoms with Gasteiger partial charge in [-0.1, -0.05) is 42.5 Å². The number of hydrogen-bond acceptors (Lipinski definition) is 4. The SMILES string of the molecule is O=C(C=Cc1ccc(CN2CCC[C@@H]2Cn2cc3ccccc3n2)cc1)NO. The molecule has 1 fully saturated rings. The number of aromatic nitrogens is 2. The molecule has 0 unspecified atom stereocenters. The van der Waals surface area contributed by atoms with Crippen LogP contribution >= 0.6 is 0 Å². The summed E-state index contributed by atoms with van der Waals surface area (Å²) in [6, 6.07) is 16.9. The lowest BCUT2D eigenvalue weighted by Gasteiger charge is -2.24. The van der Waals surface area contributed by atoms with Crippen LogP contribution in [-0.2, 0) is 17.9 Å². The first-order chi connectivity index (χ1) is 13.7. The van der Waals surface area contributed by atoms with Crippen molar-refractivity contribution >= 4 is 22.9 Å². The van der Waals surface area contributed by atoms with Crippen LogP contribution in [0.3, 0.4) is 0 Å². The molecule has 4 rings (SSSR count). The van der Waals surface area contributed by atoms with Gasteiger partial charge in [-0.2, -0.15) is 5.10 Å². The molecule has 6 heteroatoms. The molecule has 1 atom stereocenters. The van der Waals surface area contributed by atoms with Crippen LogP contribution in [0.1, 0.15) is 24.0 Å². The van der Waals surface area contributed by atoms with Gasteiger partial charge in [0.15, 0.2) is 0 Å². The van der Waals surface area contributed by atoms with Crippen LogP contribution < -0.4 is 5.48 Å². The maximum atomic E-state index is 11.1. The molecule has 0 spiro atoms. The fourth-order valence-electron chi connectivity index (χ4n) is 3.81. The summed E-state index contributed by atoms with van der Waals surface area (Å²) in [5.41, 5.74) is 4.81. The van der Waals surface area contributed by atoms with Crippen molar-refractivity contribution in [3.8, 4) is 0 Å². The van der Waals surface area contributed by atoms with Gasteiger partial charge in [-0.3, -0.25) is 19.6 Å². The molecule has 0 saturated carbocycles. The molecule has 2 aromatic carbocycles. The minimum absolute atomic E-state index is 0.488. The summed E-state index contributed by atoms with van der Waals surface area (Å²) in [6.45, 7) is 2.92. The van der Waals surface area contributed by atoms with Crippen LogP contribution in [0.25, 0.3) is 17.0 Å².